The standard InChI is InChI=1S/C23H26N2O5S.C22H23NO4/c1-15-7-5-12-19(20(15)30-18-10-6-11-18)21(26)24-23(22(27)25-31(2,28)29)13-16-8-3-4-9-17(16)14-23;1-14-6-4-11-18(19(14)27-17-9-5-10-17)20(24)23-22(21(25)26)12-15-7-2-3-8-16(15)13-22/h3-5,7-9,12,18H,6,10-11,13-14H2,1-2H3,(H,24,26)(H,25,27);2-4,6-8,11,17H,5,9-10,12-13H2,1H3,(H,23,24)(H,25,26). The van der Waals surface area contributed by atoms with E-state index in [0.717, 1.165) is 78.2 Å². The maximum absolute atomic E-state index is 13.4. The van der Waals surface area contributed by atoms with Gasteiger partial charge in [-0.3, -0.25) is 19.1 Å². The lowest BCUT2D eigenvalue weighted by Gasteiger charge is -2.31. The molecule has 0 bridgehead atoms. The Kier molecular flexibility index (Phi) is 11.4. The van der Waals surface area contributed by atoms with E-state index in [0.29, 0.717) is 22.6 Å². The number of aryl methyl sites for hydroxylation is 2. The third-order valence-corrected chi connectivity index (χ3v) is 12.2. The quantitative estimate of drug-likeness (QED) is 0.151. The first-order valence-electron chi connectivity index (χ1n) is 19.7. The Morgan fingerprint density at radius 3 is 1.33 bits per heavy atom. The van der Waals surface area contributed by atoms with Gasteiger partial charge in [0.25, 0.3) is 17.7 Å². The molecule has 304 valence electrons. The summed E-state index contributed by atoms with van der Waals surface area (Å²) in [5, 5.41) is 15.6. The van der Waals surface area contributed by atoms with Crippen molar-refractivity contribution in [1.29, 1.82) is 0 Å². The average molecular weight is 808 g/mol. The number of nitrogens with one attached hydrogen (secondary N) is 3. The smallest absolute Gasteiger partial charge is 0.330 e. The molecule has 3 amide bonds. The number of aliphatic carboxylic acids is 1. The molecule has 4 aromatic rings. The number of carbonyl (C=O) groups excluding carboxylic acids is 3. The normalized spacial score (nSPS) is 17.5. The molecule has 4 aliphatic carbocycles. The molecule has 8 rings (SSSR count). The Bertz CT molecular complexity index is 2320. The van der Waals surface area contributed by atoms with Crippen molar-refractivity contribution in [3.8, 4) is 11.5 Å². The minimum atomic E-state index is -3.79. The van der Waals surface area contributed by atoms with Gasteiger partial charge in [0.2, 0.25) is 10.0 Å². The highest BCUT2D eigenvalue weighted by Crippen LogP contribution is 2.36. The summed E-state index contributed by atoms with van der Waals surface area (Å²) in [6.07, 6.45) is 8.26. The molecule has 0 heterocycles. The molecule has 58 heavy (non-hydrogen) atoms. The average Bonchev–Trinajstić information content (AvgIpc) is 3.71. The van der Waals surface area contributed by atoms with Crippen molar-refractivity contribution in [2.75, 3.05) is 6.26 Å². The fourth-order valence-electron chi connectivity index (χ4n) is 7.95. The largest absolute Gasteiger partial charge is 0.489 e. The van der Waals surface area contributed by atoms with E-state index in [1.165, 1.54) is 0 Å². The number of hydrogen-bond acceptors (Lipinski definition) is 8. The van der Waals surface area contributed by atoms with Crippen LogP contribution >= 0.6 is 0 Å². The van der Waals surface area contributed by atoms with Crippen molar-refractivity contribution < 1.29 is 42.2 Å². The summed E-state index contributed by atoms with van der Waals surface area (Å²) in [4.78, 5) is 51.6. The van der Waals surface area contributed by atoms with Crippen LogP contribution in [0, 0.1) is 13.8 Å². The molecular weight excluding hydrogens is 759 g/mol. The summed E-state index contributed by atoms with van der Waals surface area (Å²) in [5.41, 5.74) is 3.49. The molecule has 0 aromatic heterocycles. The highest BCUT2D eigenvalue weighted by Gasteiger charge is 2.47. The number of carboxylic acid groups (broad SMARTS) is 1. The fourth-order valence-corrected chi connectivity index (χ4v) is 8.48. The number of fused-ring (bicyclic) bond motifs is 2. The van der Waals surface area contributed by atoms with Crippen LogP contribution in [0.25, 0.3) is 0 Å². The molecule has 0 unspecified atom stereocenters. The van der Waals surface area contributed by atoms with E-state index >= 15 is 0 Å². The van der Waals surface area contributed by atoms with Crippen LogP contribution in [0.1, 0.15) is 92.6 Å². The zero-order valence-corrected chi connectivity index (χ0v) is 33.7. The minimum Gasteiger partial charge on any atom is -0.489 e. The zero-order valence-electron chi connectivity index (χ0n) is 32.9. The van der Waals surface area contributed by atoms with Crippen LogP contribution in [0.5, 0.6) is 11.5 Å². The SMILES string of the molecule is Cc1cccc(C(=O)NC2(C(=O)NS(C)(=O)=O)Cc3ccccc3C2)c1OC1CCC1.Cc1cccc(C(=O)NC2(C(=O)O)Cc3ccccc3C2)c1OC1CCC1. The van der Waals surface area contributed by atoms with E-state index in [-0.39, 0.29) is 37.9 Å². The van der Waals surface area contributed by atoms with Gasteiger partial charge in [0.1, 0.15) is 22.6 Å². The summed E-state index contributed by atoms with van der Waals surface area (Å²) in [6.45, 7) is 3.78. The van der Waals surface area contributed by atoms with E-state index in [1.54, 1.807) is 24.3 Å². The van der Waals surface area contributed by atoms with Gasteiger partial charge in [0.05, 0.1) is 29.6 Å². The van der Waals surface area contributed by atoms with Gasteiger partial charge in [-0.2, -0.15) is 0 Å². The van der Waals surface area contributed by atoms with Crippen LogP contribution in [0.2, 0.25) is 0 Å². The van der Waals surface area contributed by atoms with Crippen molar-refractivity contribution in [1.82, 2.24) is 15.4 Å². The van der Waals surface area contributed by atoms with Gasteiger partial charge in [0, 0.05) is 25.7 Å². The highest BCUT2D eigenvalue weighted by molar-refractivity contribution is 7.89. The van der Waals surface area contributed by atoms with Crippen molar-refractivity contribution in [2.45, 2.75) is 101 Å². The van der Waals surface area contributed by atoms with Crippen LogP contribution in [-0.4, -0.2) is 66.8 Å². The second-order valence-corrected chi connectivity index (χ2v) is 17.8. The molecule has 2 fully saturated rings. The molecule has 0 atom stereocenters. The Morgan fingerprint density at radius 1 is 0.603 bits per heavy atom. The van der Waals surface area contributed by atoms with Crippen LogP contribution in [0.4, 0.5) is 0 Å². The number of carbonyl (C=O) groups is 4. The van der Waals surface area contributed by atoms with Crippen molar-refractivity contribution in [3.63, 3.8) is 0 Å². The number of rotatable bonds is 11. The van der Waals surface area contributed by atoms with Crippen molar-refractivity contribution in [3.05, 3.63) is 129 Å². The monoisotopic (exact) mass is 807 g/mol. The summed E-state index contributed by atoms with van der Waals surface area (Å²) in [7, 11) is -3.79. The van der Waals surface area contributed by atoms with Gasteiger partial charge < -0.3 is 25.2 Å². The predicted molar refractivity (Wildman–Crippen MR) is 218 cm³/mol. The zero-order chi connectivity index (χ0) is 41.2. The number of carboxylic acids is 1. The Balaban J connectivity index is 0.000000178. The third-order valence-electron chi connectivity index (χ3n) is 11.6. The molecule has 0 spiro atoms. The van der Waals surface area contributed by atoms with Crippen molar-refractivity contribution in [2.24, 2.45) is 0 Å². The maximum Gasteiger partial charge on any atom is 0.330 e. The number of sulfonamides is 1. The second-order valence-electron chi connectivity index (χ2n) is 16.1. The first kappa shape index (κ1) is 40.5. The van der Waals surface area contributed by atoms with E-state index < -0.39 is 44.8 Å². The van der Waals surface area contributed by atoms with Crippen LogP contribution in [-0.2, 0) is 45.3 Å². The summed E-state index contributed by atoms with van der Waals surface area (Å²) in [5.74, 6) is -1.54. The van der Waals surface area contributed by atoms with Crippen molar-refractivity contribution >= 4 is 33.7 Å². The van der Waals surface area contributed by atoms with E-state index in [4.69, 9.17) is 9.47 Å². The van der Waals surface area contributed by atoms with Gasteiger partial charge >= 0.3 is 5.97 Å². The summed E-state index contributed by atoms with van der Waals surface area (Å²) >= 11 is 0. The molecule has 0 saturated heterocycles. The van der Waals surface area contributed by atoms with Crippen LogP contribution < -0.4 is 24.8 Å². The third kappa shape index (κ3) is 8.59. The first-order valence-corrected chi connectivity index (χ1v) is 21.6. The molecule has 2 saturated carbocycles. The lowest BCUT2D eigenvalue weighted by molar-refractivity contribution is -0.144. The Hall–Kier alpha value is -5.69. The molecule has 0 radical (unpaired) electrons. The fraction of sp³-hybridized carbons (Fsp3) is 0.378. The van der Waals surface area contributed by atoms with Gasteiger partial charge in [0.15, 0.2) is 0 Å². The van der Waals surface area contributed by atoms with E-state index in [2.05, 4.69) is 15.4 Å². The van der Waals surface area contributed by atoms with Crippen LogP contribution in [0.15, 0.2) is 84.9 Å². The van der Waals surface area contributed by atoms with Gasteiger partial charge in [-0.25, -0.2) is 13.2 Å². The number of benzene rings is 4. The molecule has 13 heteroatoms. The number of para-hydroxylation sites is 2. The van der Waals surface area contributed by atoms with Gasteiger partial charge in [-0.15, -0.1) is 0 Å². The van der Waals surface area contributed by atoms with Gasteiger partial charge in [-0.05, 0) is 97.9 Å². The molecule has 4 aromatic carbocycles. The lowest BCUT2D eigenvalue weighted by Crippen LogP contribution is -2.60. The molecule has 4 aliphatic rings. The Labute approximate surface area is 338 Å². The van der Waals surface area contributed by atoms with E-state index in [9.17, 15) is 32.7 Å². The van der Waals surface area contributed by atoms with Gasteiger partial charge in [-0.1, -0.05) is 72.8 Å². The van der Waals surface area contributed by atoms with Crippen LogP contribution in [0.3, 0.4) is 0 Å². The lowest BCUT2D eigenvalue weighted by atomic mass is 9.93. The summed E-state index contributed by atoms with van der Waals surface area (Å²) in [6, 6.07) is 25.8. The van der Waals surface area contributed by atoms with E-state index in [1.807, 2.05) is 74.5 Å². The molecule has 0 aliphatic heterocycles. The molecular formula is C45H49N3O9S. The second kappa shape index (κ2) is 16.3. The number of ether oxygens (including phenoxy) is 2. The topological polar surface area (TPSA) is 177 Å². The Morgan fingerprint density at radius 2 is 0.983 bits per heavy atom. The molecule has 4 N–H and O–H groups in total. The summed E-state index contributed by atoms with van der Waals surface area (Å²) < 4.78 is 37.7. The maximum atomic E-state index is 13.4. The minimum absolute atomic E-state index is 0.0888. The number of amides is 3. The predicted octanol–water partition coefficient (Wildman–Crippen LogP) is 5.55. The highest BCUT2D eigenvalue weighted by atomic mass is 32.2. The number of hydrogen-bond donors (Lipinski definition) is 4. The first-order chi connectivity index (χ1) is 27.7. The molecule has 12 nitrogen and oxygen atoms in total.